The molecule has 6 heteroatoms. The smallest absolute Gasteiger partial charge is 0.290 e. The summed E-state index contributed by atoms with van der Waals surface area (Å²) >= 11 is 0. The fourth-order valence-electron chi connectivity index (χ4n) is 2.72. The van der Waals surface area contributed by atoms with Gasteiger partial charge in [0.2, 0.25) is 5.76 Å². The van der Waals surface area contributed by atoms with Crippen LogP contribution in [0.25, 0.3) is 10.9 Å². The molecule has 1 unspecified atom stereocenters. The summed E-state index contributed by atoms with van der Waals surface area (Å²) in [5, 5.41) is 18.0. The number of aryl methyl sites for hydroxylation is 1. The summed E-state index contributed by atoms with van der Waals surface area (Å²) in [4.78, 5) is 16.7. The average Bonchev–Trinajstić information content (AvgIpc) is 2.99. The first-order valence-corrected chi connectivity index (χ1v) is 7.77. The standard InChI is InChI=1S/C18H19N3O3/c1-10(2)14(21-18(23)17-11(3)9-20-24-17)13-7-6-12-5-4-8-19-15(12)16(13)22/h4-10,14,22H,1-3H3,(H,21,23). The van der Waals surface area contributed by atoms with Crippen LogP contribution in [0, 0.1) is 12.8 Å². The van der Waals surface area contributed by atoms with Crippen LogP contribution in [0.5, 0.6) is 5.75 Å². The minimum absolute atomic E-state index is 0.0595. The van der Waals surface area contributed by atoms with Gasteiger partial charge in [-0.25, -0.2) is 0 Å². The molecule has 0 spiro atoms. The van der Waals surface area contributed by atoms with Crippen molar-refractivity contribution in [2.45, 2.75) is 26.8 Å². The van der Waals surface area contributed by atoms with Crippen LogP contribution in [-0.4, -0.2) is 21.2 Å². The molecule has 1 aromatic carbocycles. The molecule has 0 aliphatic rings. The van der Waals surface area contributed by atoms with Gasteiger partial charge >= 0.3 is 0 Å². The van der Waals surface area contributed by atoms with E-state index in [9.17, 15) is 9.90 Å². The number of hydrogen-bond donors (Lipinski definition) is 2. The van der Waals surface area contributed by atoms with Crippen molar-refractivity contribution in [3.8, 4) is 5.75 Å². The first-order valence-electron chi connectivity index (χ1n) is 7.77. The molecule has 0 bridgehead atoms. The van der Waals surface area contributed by atoms with Crippen LogP contribution in [0.3, 0.4) is 0 Å². The molecule has 0 saturated carbocycles. The molecule has 0 fully saturated rings. The van der Waals surface area contributed by atoms with E-state index in [1.807, 2.05) is 38.1 Å². The number of phenols is 1. The van der Waals surface area contributed by atoms with Gasteiger partial charge in [-0.1, -0.05) is 37.2 Å². The molecule has 1 amide bonds. The Balaban J connectivity index is 1.98. The number of amides is 1. The Morgan fingerprint density at radius 1 is 1.29 bits per heavy atom. The molecular weight excluding hydrogens is 306 g/mol. The van der Waals surface area contributed by atoms with Crippen LogP contribution < -0.4 is 5.32 Å². The Kier molecular flexibility index (Phi) is 4.20. The second-order valence-electron chi connectivity index (χ2n) is 6.11. The van der Waals surface area contributed by atoms with Crippen molar-refractivity contribution in [2.75, 3.05) is 0 Å². The minimum Gasteiger partial charge on any atom is -0.505 e. The second-order valence-corrected chi connectivity index (χ2v) is 6.11. The molecule has 1 atom stereocenters. The van der Waals surface area contributed by atoms with Gasteiger partial charge in [-0.05, 0) is 18.9 Å². The Morgan fingerprint density at radius 3 is 2.75 bits per heavy atom. The van der Waals surface area contributed by atoms with Gasteiger partial charge in [0, 0.05) is 22.7 Å². The van der Waals surface area contributed by atoms with Crippen molar-refractivity contribution in [3.63, 3.8) is 0 Å². The van der Waals surface area contributed by atoms with Crippen molar-refractivity contribution >= 4 is 16.8 Å². The highest BCUT2D eigenvalue weighted by Gasteiger charge is 2.25. The van der Waals surface area contributed by atoms with Gasteiger partial charge in [0.1, 0.15) is 11.3 Å². The predicted molar refractivity (Wildman–Crippen MR) is 89.7 cm³/mol. The van der Waals surface area contributed by atoms with Gasteiger partial charge in [-0.3, -0.25) is 9.78 Å². The summed E-state index contributed by atoms with van der Waals surface area (Å²) in [5.74, 6) is -0.0334. The number of benzene rings is 1. The first-order chi connectivity index (χ1) is 11.5. The second kappa shape index (κ2) is 6.31. The number of aromatic hydroxyl groups is 1. The average molecular weight is 325 g/mol. The van der Waals surface area contributed by atoms with Gasteiger partial charge in [0.05, 0.1) is 12.2 Å². The van der Waals surface area contributed by atoms with Crippen molar-refractivity contribution in [1.82, 2.24) is 15.5 Å². The molecule has 0 aliphatic carbocycles. The Morgan fingerprint density at radius 2 is 2.08 bits per heavy atom. The lowest BCUT2D eigenvalue weighted by molar-refractivity contribution is 0.0886. The Hall–Kier alpha value is -2.89. The van der Waals surface area contributed by atoms with E-state index in [0.29, 0.717) is 16.6 Å². The van der Waals surface area contributed by atoms with Gasteiger partial charge in [-0.15, -0.1) is 0 Å². The normalized spacial score (nSPS) is 12.5. The third-order valence-electron chi connectivity index (χ3n) is 4.02. The molecular formula is C18H19N3O3. The van der Waals surface area contributed by atoms with Crippen LogP contribution in [0.4, 0.5) is 0 Å². The number of aromatic nitrogens is 2. The van der Waals surface area contributed by atoms with E-state index in [-0.39, 0.29) is 29.4 Å². The zero-order valence-corrected chi connectivity index (χ0v) is 13.8. The zero-order chi connectivity index (χ0) is 17.3. The third-order valence-corrected chi connectivity index (χ3v) is 4.02. The van der Waals surface area contributed by atoms with Crippen molar-refractivity contribution in [3.05, 3.63) is 53.5 Å². The number of carbonyl (C=O) groups is 1. The molecule has 2 aromatic heterocycles. The predicted octanol–water partition coefficient (Wildman–Crippen LogP) is 3.36. The maximum atomic E-state index is 12.4. The highest BCUT2D eigenvalue weighted by molar-refractivity contribution is 5.93. The largest absolute Gasteiger partial charge is 0.505 e. The SMILES string of the molecule is Cc1cnoc1C(=O)NC(c1ccc2cccnc2c1O)C(C)C. The van der Waals surface area contributed by atoms with E-state index in [1.165, 1.54) is 6.20 Å². The first kappa shape index (κ1) is 16.0. The van der Waals surface area contributed by atoms with Crippen LogP contribution in [0.2, 0.25) is 0 Å². The maximum absolute atomic E-state index is 12.4. The highest BCUT2D eigenvalue weighted by atomic mass is 16.5. The van der Waals surface area contributed by atoms with Crippen LogP contribution in [-0.2, 0) is 0 Å². The highest BCUT2D eigenvalue weighted by Crippen LogP contribution is 2.34. The Labute approximate surface area is 139 Å². The number of pyridine rings is 1. The van der Waals surface area contributed by atoms with Crippen LogP contribution in [0.1, 0.15) is 41.6 Å². The zero-order valence-electron chi connectivity index (χ0n) is 13.8. The van der Waals surface area contributed by atoms with E-state index in [0.717, 1.165) is 5.39 Å². The summed E-state index contributed by atoms with van der Waals surface area (Å²) in [6.07, 6.45) is 3.13. The molecule has 6 nitrogen and oxygen atoms in total. The number of carbonyl (C=O) groups excluding carboxylic acids is 1. The van der Waals surface area contributed by atoms with E-state index < -0.39 is 0 Å². The monoisotopic (exact) mass is 325 g/mol. The van der Waals surface area contributed by atoms with Crippen LogP contribution in [0.15, 0.2) is 41.2 Å². The lowest BCUT2D eigenvalue weighted by Crippen LogP contribution is -2.32. The van der Waals surface area contributed by atoms with Crippen molar-refractivity contribution in [1.29, 1.82) is 0 Å². The van der Waals surface area contributed by atoms with E-state index >= 15 is 0 Å². The lowest BCUT2D eigenvalue weighted by atomic mass is 9.93. The Bertz CT molecular complexity index is 886. The fourth-order valence-corrected chi connectivity index (χ4v) is 2.72. The molecule has 2 N–H and O–H groups in total. The fraction of sp³-hybridized carbons (Fsp3) is 0.278. The van der Waals surface area contributed by atoms with Gasteiger partial charge in [0.25, 0.3) is 5.91 Å². The number of rotatable bonds is 4. The minimum atomic E-state index is -0.381. The van der Waals surface area contributed by atoms with Crippen molar-refractivity contribution < 1.29 is 14.4 Å². The molecule has 0 saturated heterocycles. The van der Waals surface area contributed by atoms with Gasteiger partial charge in [0.15, 0.2) is 0 Å². The molecule has 24 heavy (non-hydrogen) atoms. The number of nitrogens with one attached hydrogen (secondary N) is 1. The molecule has 0 radical (unpaired) electrons. The number of phenolic OH excluding ortho intramolecular Hbond substituents is 1. The van der Waals surface area contributed by atoms with E-state index in [2.05, 4.69) is 15.5 Å². The third kappa shape index (κ3) is 2.82. The van der Waals surface area contributed by atoms with Gasteiger partial charge < -0.3 is 14.9 Å². The van der Waals surface area contributed by atoms with Crippen molar-refractivity contribution in [2.24, 2.45) is 5.92 Å². The van der Waals surface area contributed by atoms with E-state index in [4.69, 9.17) is 4.52 Å². The van der Waals surface area contributed by atoms with E-state index in [1.54, 1.807) is 13.1 Å². The number of fused-ring (bicyclic) bond motifs is 1. The summed E-state index contributed by atoms with van der Waals surface area (Å²) in [7, 11) is 0. The summed E-state index contributed by atoms with van der Waals surface area (Å²) in [6, 6.07) is 7.02. The number of hydrogen-bond acceptors (Lipinski definition) is 5. The molecule has 0 aliphatic heterocycles. The number of nitrogens with zero attached hydrogens (tertiary/aromatic N) is 2. The quantitative estimate of drug-likeness (QED) is 0.768. The summed E-state index contributed by atoms with van der Waals surface area (Å²) in [5.41, 5.74) is 1.81. The molecule has 3 aromatic rings. The lowest BCUT2D eigenvalue weighted by Gasteiger charge is -2.23. The molecule has 2 heterocycles. The molecule has 124 valence electrons. The van der Waals surface area contributed by atoms with Gasteiger partial charge in [-0.2, -0.15) is 0 Å². The topological polar surface area (TPSA) is 88.3 Å². The summed E-state index contributed by atoms with van der Waals surface area (Å²) < 4.78 is 5.01. The molecule has 3 rings (SSSR count). The van der Waals surface area contributed by atoms with Crippen LogP contribution >= 0.6 is 0 Å². The summed E-state index contributed by atoms with van der Waals surface area (Å²) in [6.45, 7) is 5.70. The maximum Gasteiger partial charge on any atom is 0.290 e.